The van der Waals surface area contributed by atoms with E-state index in [0.717, 1.165) is 15.7 Å². The van der Waals surface area contributed by atoms with Gasteiger partial charge in [-0.25, -0.2) is 4.79 Å². The fraction of sp³-hybridized carbons (Fsp3) is 0.292. The van der Waals surface area contributed by atoms with Gasteiger partial charge < -0.3 is 20.3 Å². The number of ether oxygens (including phenoxy) is 1. The number of thiocarbonyl (C=S) groups is 1. The summed E-state index contributed by atoms with van der Waals surface area (Å²) < 4.78 is 6.35. The van der Waals surface area contributed by atoms with E-state index >= 15 is 0 Å². The van der Waals surface area contributed by atoms with Crippen LogP contribution < -0.4 is 10.6 Å². The molecule has 2 aromatic rings. The fourth-order valence-corrected chi connectivity index (χ4v) is 3.92. The zero-order chi connectivity index (χ0) is 23.4. The standard InChI is InChI=1S/C24H26BrN3O3S/c1-14(2)13-31-23(30)20-15(3)28(4)24(32)27-21(20)16-8-10-19(11-9-16)26-22(29)17-6-5-7-18(25)12-17/h5-12,14,21H,13H2,1-4H3,(H,26,29)(H,27,32). The van der Waals surface area contributed by atoms with Crippen LogP contribution in [0.1, 0.15) is 42.7 Å². The van der Waals surface area contributed by atoms with Crippen molar-refractivity contribution in [1.29, 1.82) is 0 Å². The van der Waals surface area contributed by atoms with Crippen molar-refractivity contribution in [1.82, 2.24) is 10.2 Å². The van der Waals surface area contributed by atoms with Crippen LogP contribution in [-0.2, 0) is 9.53 Å². The third-order valence-corrected chi connectivity index (χ3v) is 6.00. The number of hydrogen-bond acceptors (Lipinski definition) is 4. The number of anilines is 1. The molecule has 1 atom stereocenters. The highest BCUT2D eigenvalue weighted by molar-refractivity contribution is 9.10. The Morgan fingerprint density at radius 2 is 1.91 bits per heavy atom. The molecule has 2 aromatic carbocycles. The van der Waals surface area contributed by atoms with Crippen molar-refractivity contribution in [2.75, 3.05) is 19.0 Å². The molecule has 0 radical (unpaired) electrons. The number of rotatable bonds is 6. The number of nitrogens with one attached hydrogen (secondary N) is 2. The van der Waals surface area contributed by atoms with Gasteiger partial charge in [-0.05, 0) is 61.0 Å². The molecule has 1 aliphatic heterocycles. The minimum atomic E-state index is -0.437. The van der Waals surface area contributed by atoms with Gasteiger partial charge in [-0.2, -0.15) is 0 Å². The number of hydrogen-bond donors (Lipinski definition) is 2. The first-order valence-electron chi connectivity index (χ1n) is 10.3. The third kappa shape index (κ3) is 5.55. The molecular formula is C24H26BrN3O3S. The Balaban J connectivity index is 1.82. The Morgan fingerprint density at radius 1 is 1.22 bits per heavy atom. The molecule has 6 nitrogen and oxygen atoms in total. The lowest BCUT2D eigenvalue weighted by Crippen LogP contribution is -2.46. The van der Waals surface area contributed by atoms with Crippen molar-refractivity contribution in [3.05, 3.63) is 75.4 Å². The molecule has 0 aliphatic carbocycles. The summed E-state index contributed by atoms with van der Waals surface area (Å²) in [6, 6.07) is 14.1. The summed E-state index contributed by atoms with van der Waals surface area (Å²) in [4.78, 5) is 27.2. The quantitative estimate of drug-likeness (QED) is 0.415. The van der Waals surface area contributed by atoms with E-state index in [-0.39, 0.29) is 17.8 Å². The molecule has 32 heavy (non-hydrogen) atoms. The van der Waals surface area contributed by atoms with Crippen LogP contribution in [0.3, 0.4) is 0 Å². The number of carbonyl (C=O) groups excluding carboxylic acids is 2. The van der Waals surface area contributed by atoms with Crippen molar-refractivity contribution >= 4 is 50.8 Å². The summed E-state index contributed by atoms with van der Waals surface area (Å²) >= 11 is 8.82. The van der Waals surface area contributed by atoms with Crippen LogP contribution in [0.5, 0.6) is 0 Å². The van der Waals surface area contributed by atoms with Gasteiger partial charge in [0.1, 0.15) is 0 Å². The minimum absolute atomic E-state index is 0.202. The van der Waals surface area contributed by atoms with Gasteiger partial charge in [0.15, 0.2) is 5.11 Å². The van der Waals surface area contributed by atoms with Crippen molar-refractivity contribution in [3.63, 3.8) is 0 Å². The molecule has 0 aromatic heterocycles. The third-order valence-electron chi connectivity index (χ3n) is 5.11. The largest absolute Gasteiger partial charge is 0.462 e. The molecule has 1 heterocycles. The number of amides is 1. The number of halogens is 1. The molecule has 1 unspecified atom stereocenters. The Morgan fingerprint density at radius 3 is 2.53 bits per heavy atom. The lowest BCUT2D eigenvalue weighted by Gasteiger charge is -2.35. The Bertz CT molecular complexity index is 1070. The maximum absolute atomic E-state index is 12.9. The first-order chi connectivity index (χ1) is 15.2. The van der Waals surface area contributed by atoms with E-state index in [9.17, 15) is 9.59 Å². The maximum atomic E-state index is 12.9. The van der Waals surface area contributed by atoms with Crippen LogP contribution in [0.25, 0.3) is 0 Å². The Hall–Kier alpha value is -2.71. The lowest BCUT2D eigenvalue weighted by molar-refractivity contribution is -0.140. The first-order valence-corrected chi connectivity index (χ1v) is 11.5. The van der Waals surface area contributed by atoms with Gasteiger partial charge in [0.2, 0.25) is 0 Å². The second-order valence-corrected chi connectivity index (χ2v) is 9.32. The van der Waals surface area contributed by atoms with E-state index in [1.54, 1.807) is 29.2 Å². The van der Waals surface area contributed by atoms with Gasteiger partial charge >= 0.3 is 5.97 Å². The van der Waals surface area contributed by atoms with Gasteiger partial charge in [0.05, 0.1) is 18.2 Å². The van der Waals surface area contributed by atoms with Crippen molar-refractivity contribution in [2.45, 2.75) is 26.8 Å². The SMILES string of the molecule is CC1=C(C(=O)OCC(C)C)C(c2ccc(NC(=O)c3cccc(Br)c3)cc2)NC(=S)N1C. The van der Waals surface area contributed by atoms with Gasteiger partial charge in [-0.1, -0.05) is 48.0 Å². The number of nitrogens with zero attached hydrogens (tertiary/aromatic N) is 1. The monoisotopic (exact) mass is 515 g/mol. The summed E-state index contributed by atoms with van der Waals surface area (Å²) in [5.74, 6) is -0.330. The van der Waals surface area contributed by atoms with Crippen molar-refractivity contribution < 1.29 is 14.3 Å². The molecule has 0 saturated heterocycles. The molecular weight excluding hydrogens is 490 g/mol. The predicted molar refractivity (Wildman–Crippen MR) is 133 cm³/mol. The highest BCUT2D eigenvalue weighted by Crippen LogP contribution is 2.31. The van der Waals surface area contributed by atoms with Crippen molar-refractivity contribution in [3.8, 4) is 0 Å². The molecule has 0 bridgehead atoms. The number of esters is 1. The molecule has 168 valence electrons. The topological polar surface area (TPSA) is 70.7 Å². The summed E-state index contributed by atoms with van der Waals surface area (Å²) in [5, 5.41) is 6.65. The minimum Gasteiger partial charge on any atom is -0.462 e. The number of carbonyl (C=O) groups is 2. The second kappa shape index (κ2) is 10.3. The fourth-order valence-electron chi connectivity index (χ4n) is 3.26. The van der Waals surface area contributed by atoms with E-state index in [2.05, 4.69) is 26.6 Å². The van der Waals surface area contributed by atoms with Gasteiger partial charge in [-0.15, -0.1) is 0 Å². The molecule has 0 saturated carbocycles. The highest BCUT2D eigenvalue weighted by Gasteiger charge is 2.33. The van der Waals surface area contributed by atoms with E-state index in [1.165, 1.54) is 0 Å². The summed E-state index contributed by atoms with van der Waals surface area (Å²) in [6.07, 6.45) is 0. The maximum Gasteiger partial charge on any atom is 0.338 e. The Kier molecular flexibility index (Phi) is 7.69. The van der Waals surface area contributed by atoms with Gasteiger partial charge in [-0.3, -0.25) is 4.79 Å². The van der Waals surface area contributed by atoms with Crippen LogP contribution >= 0.6 is 28.1 Å². The average molecular weight is 516 g/mol. The highest BCUT2D eigenvalue weighted by atomic mass is 79.9. The molecule has 0 spiro atoms. The van der Waals surface area contributed by atoms with Crippen LogP contribution in [-0.4, -0.2) is 35.5 Å². The summed E-state index contributed by atoms with van der Waals surface area (Å²) in [6.45, 7) is 6.19. The predicted octanol–water partition coefficient (Wildman–Crippen LogP) is 5.04. The van der Waals surface area contributed by atoms with Gasteiger partial charge in [0.25, 0.3) is 5.91 Å². The normalized spacial score (nSPS) is 16.1. The zero-order valence-electron chi connectivity index (χ0n) is 18.4. The molecule has 0 fully saturated rings. The van der Waals surface area contributed by atoms with Crippen LogP contribution in [0.4, 0.5) is 5.69 Å². The van der Waals surface area contributed by atoms with E-state index < -0.39 is 6.04 Å². The smallest absolute Gasteiger partial charge is 0.338 e. The molecule has 1 aliphatic rings. The van der Waals surface area contributed by atoms with Crippen molar-refractivity contribution in [2.24, 2.45) is 5.92 Å². The summed E-state index contributed by atoms with van der Waals surface area (Å²) in [5.41, 5.74) is 3.32. The van der Waals surface area contributed by atoms with Crippen LogP contribution in [0.2, 0.25) is 0 Å². The van der Waals surface area contributed by atoms with E-state index in [4.69, 9.17) is 17.0 Å². The van der Waals surface area contributed by atoms with E-state index in [0.29, 0.717) is 28.5 Å². The van der Waals surface area contributed by atoms with Gasteiger partial charge in [0, 0.05) is 28.5 Å². The molecule has 1 amide bonds. The summed E-state index contributed by atoms with van der Waals surface area (Å²) in [7, 11) is 1.82. The average Bonchev–Trinajstić information content (AvgIpc) is 2.76. The van der Waals surface area contributed by atoms with Crippen LogP contribution in [0, 0.1) is 5.92 Å². The number of allylic oxidation sites excluding steroid dienone is 1. The molecule has 8 heteroatoms. The Labute approximate surface area is 202 Å². The zero-order valence-corrected chi connectivity index (χ0v) is 20.8. The molecule has 3 rings (SSSR count). The number of benzene rings is 2. The first kappa shape index (κ1) is 23.9. The van der Waals surface area contributed by atoms with E-state index in [1.807, 2.05) is 52.1 Å². The second-order valence-electron chi connectivity index (χ2n) is 8.02. The molecule has 2 N–H and O–H groups in total. The van der Waals surface area contributed by atoms with Crippen LogP contribution in [0.15, 0.2) is 64.3 Å². The lowest BCUT2D eigenvalue weighted by atomic mass is 9.95.